The Kier molecular flexibility index (Phi) is 3.80. The Morgan fingerprint density at radius 1 is 1.38 bits per heavy atom. The molecule has 0 bridgehead atoms. The number of alkyl halides is 3. The molecule has 0 spiro atoms. The van der Waals surface area contributed by atoms with Crippen LogP contribution in [0.4, 0.5) is 13.2 Å². The summed E-state index contributed by atoms with van der Waals surface area (Å²) in [5, 5.41) is 0. The predicted octanol–water partition coefficient (Wildman–Crippen LogP) is 2.61. The summed E-state index contributed by atoms with van der Waals surface area (Å²) in [6.45, 7) is 1.25. The third-order valence-corrected chi connectivity index (χ3v) is 2.45. The molecule has 0 saturated heterocycles. The molecule has 0 aromatic heterocycles. The third-order valence-electron chi connectivity index (χ3n) is 2.45. The predicted molar refractivity (Wildman–Crippen MR) is 55.6 cm³/mol. The van der Waals surface area contributed by atoms with E-state index in [1.54, 1.807) is 6.92 Å². The van der Waals surface area contributed by atoms with Gasteiger partial charge in [-0.25, -0.2) is 0 Å². The van der Waals surface area contributed by atoms with E-state index >= 15 is 0 Å². The van der Waals surface area contributed by atoms with Crippen LogP contribution in [0, 0.1) is 6.92 Å². The van der Waals surface area contributed by atoms with Crippen LogP contribution in [0.15, 0.2) is 18.2 Å². The van der Waals surface area contributed by atoms with Crippen molar-refractivity contribution in [2.45, 2.75) is 19.0 Å². The zero-order valence-corrected chi connectivity index (χ0v) is 9.14. The van der Waals surface area contributed by atoms with Gasteiger partial charge in [-0.1, -0.05) is 12.1 Å². The Labute approximate surface area is 92.2 Å². The Hall–Kier alpha value is -1.23. The highest BCUT2D eigenvalue weighted by Crippen LogP contribution is 2.35. The molecule has 0 fully saturated rings. The number of methoxy groups -OCH3 is 1. The molecule has 0 aliphatic carbocycles. The second kappa shape index (κ2) is 4.74. The summed E-state index contributed by atoms with van der Waals surface area (Å²) in [7, 11) is 1.48. The SMILES string of the molecule is COc1ccc(C(CN)C(F)(F)F)cc1C. The van der Waals surface area contributed by atoms with Gasteiger partial charge in [0.25, 0.3) is 0 Å². The molecule has 5 heteroatoms. The van der Waals surface area contributed by atoms with Crippen LogP contribution in [0.1, 0.15) is 17.0 Å². The Bertz CT molecular complexity index is 363. The minimum Gasteiger partial charge on any atom is -0.496 e. The van der Waals surface area contributed by atoms with Gasteiger partial charge in [0.1, 0.15) is 5.75 Å². The highest BCUT2D eigenvalue weighted by atomic mass is 19.4. The van der Waals surface area contributed by atoms with Crippen LogP contribution in [0.25, 0.3) is 0 Å². The largest absolute Gasteiger partial charge is 0.496 e. The van der Waals surface area contributed by atoms with Gasteiger partial charge in [0, 0.05) is 6.54 Å². The molecular formula is C11H14F3NO. The van der Waals surface area contributed by atoms with Crippen LogP contribution < -0.4 is 10.5 Å². The minimum atomic E-state index is -4.31. The van der Waals surface area contributed by atoms with E-state index in [2.05, 4.69) is 0 Å². The van der Waals surface area contributed by atoms with E-state index in [0.29, 0.717) is 11.3 Å². The average molecular weight is 233 g/mol. The molecule has 0 aliphatic heterocycles. The summed E-state index contributed by atoms with van der Waals surface area (Å²) in [6, 6.07) is 4.39. The van der Waals surface area contributed by atoms with E-state index in [4.69, 9.17) is 10.5 Å². The van der Waals surface area contributed by atoms with E-state index in [1.807, 2.05) is 0 Å². The molecule has 0 aliphatic rings. The van der Waals surface area contributed by atoms with Crippen LogP contribution in [-0.4, -0.2) is 19.8 Å². The van der Waals surface area contributed by atoms with E-state index < -0.39 is 18.6 Å². The van der Waals surface area contributed by atoms with Crippen molar-refractivity contribution in [1.82, 2.24) is 0 Å². The van der Waals surface area contributed by atoms with Crippen molar-refractivity contribution in [3.05, 3.63) is 29.3 Å². The van der Waals surface area contributed by atoms with Gasteiger partial charge in [0.05, 0.1) is 13.0 Å². The van der Waals surface area contributed by atoms with Gasteiger partial charge in [0.2, 0.25) is 0 Å². The van der Waals surface area contributed by atoms with Crippen molar-refractivity contribution in [2.75, 3.05) is 13.7 Å². The number of ether oxygens (including phenoxy) is 1. The fourth-order valence-corrected chi connectivity index (χ4v) is 1.58. The first-order valence-corrected chi connectivity index (χ1v) is 4.81. The lowest BCUT2D eigenvalue weighted by molar-refractivity contribution is -0.148. The second-order valence-corrected chi connectivity index (χ2v) is 3.56. The van der Waals surface area contributed by atoms with Crippen LogP contribution in [0.2, 0.25) is 0 Å². The number of rotatable bonds is 3. The fraction of sp³-hybridized carbons (Fsp3) is 0.455. The van der Waals surface area contributed by atoms with Gasteiger partial charge in [0.15, 0.2) is 0 Å². The molecule has 2 nitrogen and oxygen atoms in total. The number of benzene rings is 1. The van der Waals surface area contributed by atoms with Crippen molar-refractivity contribution in [3.8, 4) is 5.75 Å². The zero-order valence-electron chi connectivity index (χ0n) is 9.14. The Morgan fingerprint density at radius 2 is 2.00 bits per heavy atom. The molecule has 0 amide bonds. The van der Waals surface area contributed by atoms with Gasteiger partial charge in [-0.3, -0.25) is 0 Å². The van der Waals surface area contributed by atoms with Crippen LogP contribution in [0.3, 0.4) is 0 Å². The summed E-state index contributed by atoms with van der Waals surface area (Å²) in [5.74, 6) is -1.04. The van der Waals surface area contributed by atoms with Gasteiger partial charge >= 0.3 is 6.18 Å². The van der Waals surface area contributed by atoms with Gasteiger partial charge in [-0.15, -0.1) is 0 Å². The van der Waals surface area contributed by atoms with Crippen LogP contribution >= 0.6 is 0 Å². The molecule has 2 N–H and O–H groups in total. The van der Waals surface area contributed by atoms with E-state index in [1.165, 1.54) is 25.3 Å². The summed E-state index contributed by atoms with van der Waals surface area (Å²) < 4.78 is 42.8. The first kappa shape index (κ1) is 12.8. The smallest absolute Gasteiger partial charge is 0.396 e. The van der Waals surface area contributed by atoms with E-state index in [9.17, 15) is 13.2 Å². The molecule has 1 unspecified atom stereocenters. The van der Waals surface area contributed by atoms with Crippen molar-refractivity contribution in [2.24, 2.45) is 5.73 Å². The maximum absolute atomic E-state index is 12.6. The molecule has 0 heterocycles. The topological polar surface area (TPSA) is 35.2 Å². The maximum atomic E-state index is 12.6. The summed E-state index contributed by atoms with van der Waals surface area (Å²) in [6.07, 6.45) is -4.31. The second-order valence-electron chi connectivity index (χ2n) is 3.56. The first-order valence-electron chi connectivity index (χ1n) is 4.81. The number of aryl methyl sites for hydroxylation is 1. The normalized spacial score (nSPS) is 13.6. The molecule has 0 radical (unpaired) electrons. The maximum Gasteiger partial charge on any atom is 0.396 e. The lowest BCUT2D eigenvalue weighted by Gasteiger charge is -2.19. The van der Waals surface area contributed by atoms with Crippen molar-refractivity contribution < 1.29 is 17.9 Å². The van der Waals surface area contributed by atoms with Crippen LogP contribution in [-0.2, 0) is 0 Å². The first-order chi connectivity index (χ1) is 7.40. The molecule has 1 rings (SSSR count). The van der Waals surface area contributed by atoms with Gasteiger partial charge < -0.3 is 10.5 Å². The quantitative estimate of drug-likeness (QED) is 0.870. The molecule has 0 saturated carbocycles. The van der Waals surface area contributed by atoms with Crippen molar-refractivity contribution in [3.63, 3.8) is 0 Å². The zero-order chi connectivity index (χ0) is 12.3. The molecule has 1 aromatic rings. The Balaban J connectivity index is 3.08. The molecule has 1 aromatic carbocycles. The fourth-order valence-electron chi connectivity index (χ4n) is 1.58. The lowest BCUT2D eigenvalue weighted by Crippen LogP contribution is -2.28. The van der Waals surface area contributed by atoms with Crippen LogP contribution in [0.5, 0.6) is 5.75 Å². The monoisotopic (exact) mass is 233 g/mol. The highest BCUT2D eigenvalue weighted by molar-refractivity contribution is 5.38. The van der Waals surface area contributed by atoms with Crippen molar-refractivity contribution >= 4 is 0 Å². The molecule has 90 valence electrons. The summed E-state index contributed by atoms with van der Waals surface area (Å²) >= 11 is 0. The highest BCUT2D eigenvalue weighted by Gasteiger charge is 2.39. The lowest BCUT2D eigenvalue weighted by atomic mass is 9.97. The molecule has 16 heavy (non-hydrogen) atoms. The van der Waals surface area contributed by atoms with E-state index in [-0.39, 0.29) is 5.56 Å². The minimum absolute atomic E-state index is 0.174. The number of hydrogen-bond acceptors (Lipinski definition) is 2. The summed E-state index contributed by atoms with van der Waals surface area (Å²) in [5.41, 5.74) is 6.00. The average Bonchev–Trinajstić information content (AvgIpc) is 2.17. The van der Waals surface area contributed by atoms with Gasteiger partial charge in [-0.2, -0.15) is 13.2 Å². The number of hydrogen-bond donors (Lipinski definition) is 1. The number of halogens is 3. The number of nitrogens with two attached hydrogens (primary N) is 1. The molecule has 1 atom stereocenters. The van der Waals surface area contributed by atoms with Gasteiger partial charge in [-0.05, 0) is 24.1 Å². The van der Waals surface area contributed by atoms with Crippen molar-refractivity contribution in [1.29, 1.82) is 0 Å². The molecular weight excluding hydrogens is 219 g/mol. The third kappa shape index (κ3) is 2.66. The standard InChI is InChI=1S/C11H14F3NO/c1-7-5-8(3-4-10(7)16-2)9(6-15)11(12,13)14/h3-5,9H,6,15H2,1-2H3. The summed E-state index contributed by atoms with van der Waals surface area (Å²) in [4.78, 5) is 0. The Morgan fingerprint density at radius 3 is 2.38 bits per heavy atom. The van der Waals surface area contributed by atoms with E-state index in [0.717, 1.165) is 0 Å².